The first-order valence-electron chi connectivity index (χ1n) is 9.59. The van der Waals surface area contributed by atoms with Crippen LogP contribution in [0.3, 0.4) is 0 Å². The molecular formula is C22H27N3. The predicted octanol–water partition coefficient (Wildman–Crippen LogP) is 4.41. The average molecular weight is 333 g/mol. The highest BCUT2D eigenvalue weighted by Gasteiger charge is 2.14. The number of nitrogens with one attached hydrogen (secondary N) is 1. The van der Waals surface area contributed by atoms with Gasteiger partial charge in [-0.2, -0.15) is 0 Å². The molecule has 1 saturated heterocycles. The van der Waals surface area contributed by atoms with Crippen LogP contribution < -0.4 is 5.32 Å². The van der Waals surface area contributed by atoms with Crippen molar-refractivity contribution in [1.29, 1.82) is 0 Å². The molecule has 2 heterocycles. The minimum absolute atomic E-state index is 0.848. The summed E-state index contributed by atoms with van der Waals surface area (Å²) in [6.07, 6.45) is 6.16. The average Bonchev–Trinajstić information content (AvgIpc) is 3.01. The van der Waals surface area contributed by atoms with Gasteiger partial charge in [0.1, 0.15) is 5.82 Å². The maximum atomic E-state index is 4.92. The molecular weight excluding hydrogens is 306 g/mol. The topological polar surface area (TPSA) is 29.9 Å². The highest BCUT2D eigenvalue weighted by Crippen LogP contribution is 2.21. The summed E-state index contributed by atoms with van der Waals surface area (Å²) in [7, 11) is 0. The molecule has 2 aromatic carbocycles. The number of fused-ring (bicyclic) bond motifs is 1. The van der Waals surface area contributed by atoms with E-state index in [1.54, 1.807) is 0 Å². The molecule has 0 spiro atoms. The van der Waals surface area contributed by atoms with Crippen LogP contribution in [0.15, 0.2) is 54.6 Å². The Morgan fingerprint density at radius 2 is 1.88 bits per heavy atom. The zero-order chi connectivity index (χ0) is 16.9. The highest BCUT2D eigenvalue weighted by atomic mass is 15.1. The standard InChI is InChI=1S/C22H27N3/c1-2-8-18(9-3-1)16-22-24-20-12-4-5-13-21(20)25(22)15-7-11-19-10-6-14-23-17-19/h1-5,8-9,12-13,19,23H,6-7,10-11,14-17H2. The lowest BCUT2D eigenvalue weighted by Gasteiger charge is -2.22. The van der Waals surface area contributed by atoms with Gasteiger partial charge in [-0.3, -0.25) is 0 Å². The summed E-state index contributed by atoms with van der Waals surface area (Å²) in [5.41, 5.74) is 3.72. The van der Waals surface area contributed by atoms with Crippen molar-refractivity contribution in [3.8, 4) is 0 Å². The molecule has 1 aromatic heterocycles. The summed E-state index contributed by atoms with van der Waals surface area (Å²) in [4.78, 5) is 4.92. The van der Waals surface area contributed by atoms with E-state index in [2.05, 4.69) is 64.5 Å². The largest absolute Gasteiger partial charge is 0.328 e. The molecule has 0 aliphatic carbocycles. The molecule has 25 heavy (non-hydrogen) atoms. The lowest BCUT2D eigenvalue weighted by molar-refractivity contribution is 0.344. The van der Waals surface area contributed by atoms with Crippen LogP contribution in [-0.4, -0.2) is 22.6 Å². The van der Waals surface area contributed by atoms with Gasteiger partial charge in [-0.25, -0.2) is 4.98 Å². The number of imidazole rings is 1. The first kappa shape index (κ1) is 16.3. The number of hydrogen-bond donors (Lipinski definition) is 1. The van der Waals surface area contributed by atoms with Crippen molar-refractivity contribution in [2.24, 2.45) is 5.92 Å². The Morgan fingerprint density at radius 1 is 1.04 bits per heavy atom. The quantitative estimate of drug-likeness (QED) is 0.724. The molecule has 1 fully saturated rings. The third kappa shape index (κ3) is 3.93. The second-order valence-corrected chi connectivity index (χ2v) is 7.19. The fourth-order valence-corrected chi connectivity index (χ4v) is 4.00. The van der Waals surface area contributed by atoms with Gasteiger partial charge in [0.05, 0.1) is 11.0 Å². The Balaban J connectivity index is 1.52. The Hall–Kier alpha value is -2.13. The van der Waals surface area contributed by atoms with Crippen molar-refractivity contribution in [3.05, 3.63) is 66.0 Å². The minimum Gasteiger partial charge on any atom is -0.328 e. The molecule has 4 rings (SSSR count). The number of aromatic nitrogens is 2. The van der Waals surface area contributed by atoms with E-state index in [9.17, 15) is 0 Å². The van der Waals surface area contributed by atoms with Crippen LogP contribution in [0.5, 0.6) is 0 Å². The van der Waals surface area contributed by atoms with Gasteiger partial charge in [0.25, 0.3) is 0 Å². The Labute approximate surface area is 150 Å². The SMILES string of the molecule is c1ccc(Cc2nc3ccccc3n2CCCC2CCCNC2)cc1. The molecule has 1 unspecified atom stereocenters. The molecule has 0 saturated carbocycles. The van der Waals surface area contributed by atoms with E-state index in [0.717, 1.165) is 24.4 Å². The van der Waals surface area contributed by atoms with E-state index in [4.69, 9.17) is 4.98 Å². The summed E-state index contributed by atoms with van der Waals surface area (Å²) >= 11 is 0. The maximum Gasteiger partial charge on any atom is 0.114 e. The Bertz CT molecular complexity index is 801. The van der Waals surface area contributed by atoms with Crippen molar-refractivity contribution in [3.63, 3.8) is 0 Å². The van der Waals surface area contributed by atoms with E-state index in [0.29, 0.717) is 0 Å². The molecule has 1 aliphatic heterocycles. The molecule has 3 aromatic rings. The van der Waals surface area contributed by atoms with E-state index in [-0.39, 0.29) is 0 Å². The lowest BCUT2D eigenvalue weighted by atomic mass is 9.95. The van der Waals surface area contributed by atoms with Crippen LogP contribution in [0.4, 0.5) is 0 Å². The van der Waals surface area contributed by atoms with Crippen LogP contribution in [0.25, 0.3) is 11.0 Å². The van der Waals surface area contributed by atoms with E-state index < -0.39 is 0 Å². The summed E-state index contributed by atoms with van der Waals surface area (Å²) in [5.74, 6) is 2.04. The van der Waals surface area contributed by atoms with Crippen LogP contribution in [-0.2, 0) is 13.0 Å². The molecule has 0 amide bonds. The van der Waals surface area contributed by atoms with Gasteiger partial charge in [-0.05, 0) is 62.4 Å². The van der Waals surface area contributed by atoms with Crippen molar-refractivity contribution in [2.45, 2.75) is 38.6 Å². The van der Waals surface area contributed by atoms with Gasteiger partial charge in [-0.1, -0.05) is 42.5 Å². The van der Waals surface area contributed by atoms with E-state index in [1.807, 2.05) is 0 Å². The maximum absolute atomic E-state index is 4.92. The van der Waals surface area contributed by atoms with E-state index in [1.165, 1.54) is 55.7 Å². The third-order valence-electron chi connectivity index (χ3n) is 5.33. The number of nitrogens with zero attached hydrogens (tertiary/aromatic N) is 2. The number of rotatable bonds is 6. The molecule has 1 atom stereocenters. The molecule has 1 N–H and O–H groups in total. The monoisotopic (exact) mass is 333 g/mol. The number of piperidine rings is 1. The lowest BCUT2D eigenvalue weighted by Crippen LogP contribution is -2.29. The smallest absolute Gasteiger partial charge is 0.114 e. The molecule has 3 heteroatoms. The van der Waals surface area contributed by atoms with Crippen LogP contribution >= 0.6 is 0 Å². The summed E-state index contributed by atoms with van der Waals surface area (Å²) in [5, 5.41) is 3.53. The minimum atomic E-state index is 0.848. The molecule has 3 nitrogen and oxygen atoms in total. The number of aryl methyl sites for hydroxylation is 1. The van der Waals surface area contributed by atoms with Crippen molar-refractivity contribution >= 4 is 11.0 Å². The Morgan fingerprint density at radius 3 is 2.72 bits per heavy atom. The van der Waals surface area contributed by atoms with E-state index >= 15 is 0 Å². The second kappa shape index (κ2) is 7.83. The van der Waals surface area contributed by atoms with Crippen LogP contribution in [0, 0.1) is 5.92 Å². The first-order valence-corrected chi connectivity index (χ1v) is 9.59. The highest BCUT2D eigenvalue weighted by molar-refractivity contribution is 5.76. The summed E-state index contributed by atoms with van der Waals surface area (Å²) in [6, 6.07) is 19.2. The van der Waals surface area contributed by atoms with Crippen molar-refractivity contribution in [1.82, 2.24) is 14.9 Å². The first-order chi connectivity index (χ1) is 12.4. The summed E-state index contributed by atoms with van der Waals surface area (Å²) < 4.78 is 2.44. The second-order valence-electron chi connectivity index (χ2n) is 7.19. The molecule has 0 bridgehead atoms. The third-order valence-corrected chi connectivity index (χ3v) is 5.33. The zero-order valence-electron chi connectivity index (χ0n) is 14.8. The van der Waals surface area contributed by atoms with Gasteiger partial charge in [0, 0.05) is 13.0 Å². The number of benzene rings is 2. The normalized spacial score (nSPS) is 17.8. The van der Waals surface area contributed by atoms with Gasteiger partial charge in [-0.15, -0.1) is 0 Å². The van der Waals surface area contributed by atoms with Gasteiger partial charge in [0.15, 0.2) is 0 Å². The molecule has 130 valence electrons. The predicted molar refractivity (Wildman–Crippen MR) is 104 cm³/mol. The van der Waals surface area contributed by atoms with Crippen LogP contribution in [0.2, 0.25) is 0 Å². The zero-order valence-corrected chi connectivity index (χ0v) is 14.8. The summed E-state index contributed by atoms with van der Waals surface area (Å²) in [6.45, 7) is 3.46. The molecule has 1 aliphatic rings. The van der Waals surface area contributed by atoms with Gasteiger partial charge < -0.3 is 9.88 Å². The fourth-order valence-electron chi connectivity index (χ4n) is 4.00. The van der Waals surface area contributed by atoms with Crippen molar-refractivity contribution < 1.29 is 0 Å². The van der Waals surface area contributed by atoms with Gasteiger partial charge in [0.2, 0.25) is 0 Å². The number of hydrogen-bond acceptors (Lipinski definition) is 2. The van der Waals surface area contributed by atoms with Gasteiger partial charge >= 0.3 is 0 Å². The molecule has 0 radical (unpaired) electrons. The Kier molecular flexibility index (Phi) is 5.12. The fraction of sp³-hybridized carbons (Fsp3) is 0.409. The number of para-hydroxylation sites is 2. The van der Waals surface area contributed by atoms with Crippen LogP contribution in [0.1, 0.15) is 37.1 Å². The van der Waals surface area contributed by atoms with Crippen molar-refractivity contribution in [2.75, 3.05) is 13.1 Å².